The third-order valence-electron chi connectivity index (χ3n) is 3.12. The van der Waals surface area contributed by atoms with Gasteiger partial charge in [0.2, 0.25) is 0 Å². The molecular weight excluding hydrogens is 264 g/mol. The van der Waals surface area contributed by atoms with E-state index in [-0.39, 0.29) is 0 Å². The molecule has 0 saturated carbocycles. The Morgan fingerprint density at radius 3 is 2.94 bits per heavy atom. The van der Waals surface area contributed by atoms with Crippen molar-refractivity contribution in [3.05, 3.63) is 28.7 Å². The van der Waals surface area contributed by atoms with Gasteiger partial charge >= 0.3 is 0 Å². The molecule has 0 bridgehead atoms. The summed E-state index contributed by atoms with van der Waals surface area (Å²) in [4.78, 5) is 2.49. The fourth-order valence-corrected chi connectivity index (χ4v) is 2.67. The van der Waals surface area contributed by atoms with Crippen molar-refractivity contribution in [1.82, 2.24) is 5.32 Å². The first-order valence-corrected chi connectivity index (χ1v) is 6.79. The van der Waals surface area contributed by atoms with E-state index in [2.05, 4.69) is 57.3 Å². The first-order valence-electron chi connectivity index (χ1n) is 6.00. The first-order chi connectivity index (χ1) is 7.77. The van der Waals surface area contributed by atoms with Crippen LogP contribution in [0.25, 0.3) is 0 Å². The van der Waals surface area contributed by atoms with Crippen LogP contribution in [-0.2, 0) is 0 Å². The lowest BCUT2D eigenvalue weighted by Gasteiger charge is -2.30. The van der Waals surface area contributed by atoms with E-state index < -0.39 is 0 Å². The van der Waals surface area contributed by atoms with E-state index in [0.29, 0.717) is 6.04 Å². The van der Waals surface area contributed by atoms with Crippen molar-refractivity contribution in [3.63, 3.8) is 0 Å². The van der Waals surface area contributed by atoms with E-state index in [1.807, 2.05) is 0 Å². The predicted octanol–water partition coefficient (Wildman–Crippen LogP) is 3.03. The third kappa shape index (κ3) is 2.98. The second-order valence-corrected chi connectivity index (χ2v) is 5.29. The average molecular weight is 283 g/mol. The van der Waals surface area contributed by atoms with Crippen LogP contribution in [0.2, 0.25) is 0 Å². The number of halogens is 1. The lowest BCUT2D eigenvalue weighted by Crippen LogP contribution is -2.38. The highest BCUT2D eigenvalue weighted by molar-refractivity contribution is 9.10. The minimum Gasteiger partial charge on any atom is -0.371 e. The third-order valence-corrected chi connectivity index (χ3v) is 3.79. The van der Waals surface area contributed by atoms with E-state index in [1.54, 1.807) is 0 Å². The number of anilines is 1. The molecule has 1 atom stereocenters. The fourth-order valence-electron chi connectivity index (χ4n) is 2.13. The molecule has 88 valence electrons. The maximum atomic E-state index is 3.63. The van der Waals surface area contributed by atoms with Crippen LogP contribution in [0.5, 0.6) is 0 Å². The van der Waals surface area contributed by atoms with Gasteiger partial charge in [-0.3, -0.25) is 0 Å². The van der Waals surface area contributed by atoms with Crippen LogP contribution >= 0.6 is 15.9 Å². The van der Waals surface area contributed by atoms with Crippen LogP contribution in [0.15, 0.2) is 28.7 Å². The molecule has 1 aliphatic heterocycles. The lowest BCUT2D eigenvalue weighted by atomic mass is 10.1. The summed E-state index contributed by atoms with van der Waals surface area (Å²) in [5.74, 6) is 0. The van der Waals surface area contributed by atoms with Gasteiger partial charge in [0, 0.05) is 23.6 Å². The Morgan fingerprint density at radius 2 is 2.12 bits per heavy atom. The summed E-state index contributed by atoms with van der Waals surface area (Å²) in [6.07, 6.45) is 2.42. The van der Waals surface area contributed by atoms with Crippen LogP contribution in [0.4, 0.5) is 5.69 Å². The zero-order chi connectivity index (χ0) is 11.4. The first kappa shape index (κ1) is 11.9. The number of rotatable bonds is 1. The molecule has 0 aliphatic carbocycles. The van der Waals surface area contributed by atoms with Crippen LogP contribution in [0, 0.1) is 0 Å². The van der Waals surface area contributed by atoms with Crippen molar-refractivity contribution in [2.75, 3.05) is 24.5 Å². The van der Waals surface area contributed by atoms with Crippen molar-refractivity contribution in [3.8, 4) is 0 Å². The topological polar surface area (TPSA) is 15.3 Å². The van der Waals surface area contributed by atoms with E-state index in [1.165, 1.54) is 23.0 Å². The molecule has 1 heterocycles. The van der Waals surface area contributed by atoms with Gasteiger partial charge in [-0.15, -0.1) is 0 Å². The maximum Gasteiger partial charge on any atom is 0.0510 e. The highest BCUT2D eigenvalue weighted by atomic mass is 79.9. The molecule has 1 aromatic rings. The summed E-state index contributed by atoms with van der Waals surface area (Å²) in [6.45, 7) is 5.67. The van der Waals surface area contributed by atoms with Crippen LogP contribution < -0.4 is 10.2 Å². The van der Waals surface area contributed by atoms with Gasteiger partial charge in [-0.25, -0.2) is 0 Å². The smallest absolute Gasteiger partial charge is 0.0510 e. The van der Waals surface area contributed by atoms with Crippen molar-refractivity contribution < 1.29 is 0 Å². The number of nitrogens with one attached hydrogen (secondary N) is 1. The Morgan fingerprint density at radius 1 is 1.31 bits per heavy atom. The van der Waals surface area contributed by atoms with Crippen molar-refractivity contribution in [2.45, 2.75) is 25.8 Å². The molecular formula is C13H19BrN2. The fraction of sp³-hybridized carbons (Fsp3) is 0.538. The standard InChI is InChI=1S/C13H19BrN2/c1-11-7-10-16(9-4-8-15-11)13-6-3-2-5-12(13)14/h2-3,5-6,11,15H,4,7-10H2,1H3. The number of benzene rings is 1. The Bertz CT molecular complexity index is 340. The van der Waals surface area contributed by atoms with Crippen LogP contribution in [-0.4, -0.2) is 25.7 Å². The van der Waals surface area contributed by atoms with Gasteiger partial charge in [0.25, 0.3) is 0 Å². The van der Waals surface area contributed by atoms with E-state index >= 15 is 0 Å². The lowest BCUT2D eigenvalue weighted by molar-refractivity contribution is 0.475. The van der Waals surface area contributed by atoms with Crippen LogP contribution in [0.1, 0.15) is 19.8 Å². The molecule has 1 aliphatic rings. The Labute approximate surface area is 106 Å². The molecule has 0 spiro atoms. The van der Waals surface area contributed by atoms with Gasteiger partial charge < -0.3 is 10.2 Å². The molecule has 1 saturated heterocycles. The normalized spacial score (nSPS) is 22.6. The molecule has 1 fully saturated rings. The molecule has 1 aromatic carbocycles. The molecule has 16 heavy (non-hydrogen) atoms. The van der Waals surface area contributed by atoms with Crippen molar-refractivity contribution in [2.24, 2.45) is 0 Å². The summed E-state index contributed by atoms with van der Waals surface area (Å²) in [6, 6.07) is 9.13. The second kappa shape index (κ2) is 5.69. The molecule has 2 rings (SSSR count). The second-order valence-electron chi connectivity index (χ2n) is 4.44. The van der Waals surface area contributed by atoms with Crippen molar-refractivity contribution >= 4 is 21.6 Å². The van der Waals surface area contributed by atoms with Gasteiger partial charge in [-0.05, 0) is 54.4 Å². The SMILES string of the molecule is CC1CCN(c2ccccc2Br)CCCN1. The maximum absolute atomic E-state index is 3.63. The van der Waals surface area contributed by atoms with E-state index in [4.69, 9.17) is 0 Å². The number of hydrogen-bond acceptors (Lipinski definition) is 2. The zero-order valence-electron chi connectivity index (χ0n) is 9.75. The van der Waals surface area contributed by atoms with Gasteiger partial charge in [-0.2, -0.15) is 0 Å². The molecule has 1 N–H and O–H groups in total. The largest absolute Gasteiger partial charge is 0.371 e. The molecule has 1 unspecified atom stereocenters. The summed E-state index contributed by atoms with van der Waals surface area (Å²) < 4.78 is 1.20. The molecule has 0 amide bonds. The quantitative estimate of drug-likeness (QED) is 0.852. The highest BCUT2D eigenvalue weighted by Gasteiger charge is 2.13. The summed E-state index contributed by atoms with van der Waals surface area (Å²) in [5, 5.41) is 3.53. The molecule has 0 aromatic heterocycles. The van der Waals surface area contributed by atoms with E-state index in [0.717, 1.165) is 19.6 Å². The predicted molar refractivity (Wildman–Crippen MR) is 73.1 cm³/mol. The molecule has 3 heteroatoms. The average Bonchev–Trinajstić information content (AvgIpc) is 2.26. The minimum absolute atomic E-state index is 0.630. The van der Waals surface area contributed by atoms with Gasteiger partial charge in [0.15, 0.2) is 0 Å². The summed E-state index contributed by atoms with van der Waals surface area (Å²) in [7, 11) is 0. The monoisotopic (exact) mass is 282 g/mol. The minimum atomic E-state index is 0.630. The Hall–Kier alpha value is -0.540. The number of para-hydroxylation sites is 1. The zero-order valence-corrected chi connectivity index (χ0v) is 11.3. The van der Waals surface area contributed by atoms with Gasteiger partial charge in [-0.1, -0.05) is 12.1 Å². The Balaban J connectivity index is 2.10. The summed E-state index contributed by atoms with van der Waals surface area (Å²) in [5.41, 5.74) is 1.33. The molecule has 2 nitrogen and oxygen atoms in total. The van der Waals surface area contributed by atoms with Gasteiger partial charge in [0.05, 0.1) is 5.69 Å². The van der Waals surface area contributed by atoms with Crippen molar-refractivity contribution in [1.29, 1.82) is 0 Å². The number of nitrogens with zero attached hydrogens (tertiary/aromatic N) is 1. The highest BCUT2D eigenvalue weighted by Crippen LogP contribution is 2.26. The number of hydrogen-bond donors (Lipinski definition) is 1. The van der Waals surface area contributed by atoms with E-state index in [9.17, 15) is 0 Å². The van der Waals surface area contributed by atoms with Gasteiger partial charge in [0.1, 0.15) is 0 Å². The Kier molecular flexibility index (Phi) is 4.24. The van der Waals surface area contributed by atoms with Crippen LogP contribution in [0.3, 0.4) is 0 Å². The summed E-state index contributed by atoms with van der Waals surface area (Å²) >= 11 is 3.63. The molecule has 0 radical (unpaired) electrons.